The van der Waals surface area contributed by atoms with Crippen LogP contribution in [0.1, 0.15) is 73.6 Å². The molecule has 0 aromatic carbocycles. The molecule has 3 saturated carbocycles. The number of hydrogen-bond acceptors (Lipinski definition) is 6. The molecule has 2 bridgehead atoms. The number of ether oxygens (including phenoxy) is 1. The maximum Gasteiger partial charge on any atom is 0.316 e. The smallest absolute Gasteiger partial charge is 0.316 e. The van der Waals surface area contributed by atoms with Gasteiger partial charge in [0.1, 0.15) is 11.9 Å². The first kappa shape index (κ1) is 27.7. The van der Waals surface area contributed by atoms with Gasteiger partial charge >= 0.3 is 5.97 Å². The topological polar surface area (TPSA) is 66.8 Å². The minimum Gasteiger partial charge on any atom is -0.461 e. The summed E-state index contributed by atoms with van der Waals surface area (Å²) in [6.45, 7) is 20.0. The van der Waals surface area contributed by atoms with Crippen LogP contribution in [0.15, 0.2) is 12.7 Å². The van der Waals surface area contributed by atoms with Gasteiger partial charge in [-0.25, -0.2) is 0 Å². The van der Waals surface area contributed by atoms with E-state index in [1.807, 2.05) is 13.0 Å². The van der Waals surface area contributed by atoms with Crippen LogP contribution >= 0.6 is 11.8 Å². The quantitative estimate of drug-likeness (QED) is 0.278. The predicted molar refractivity (Wildman–Crippen MR) is 140 cm³/mol. The molecular weight excluding hydrogens is 446 g/mol. The third-order valence-corrected chi connectivity index (χ3v) is 11.2. The highest BCUT2D eigenvalue weighted by molar-refractivity contribution is 7.99. The molecule has 3 aliphatic rings. The van der Waals surface area contributed by atoms with Crippen LogP contribution in [0.2, 0.25) is 0 Å². The molecule has 34 heavy (non-hydrogen) atoms. The first-order valence-corrected chi connectivity index (χ1v) is 14.5. The molecule has 6 heteroatoms. The minimum absolute atomic E-state index is 0.00828. The second kappa shape index (κ2) is 10.6. The maximum absolute atomic E-state index is 13.4. The normalized spacial score (nSPS) is 42.1. The molecule has 0 amide bonds. The Bertz CT molecular complexity index is 770. The van der Waals surface area contributed by atoms with Crippen LogP contribution in [0.25, 0.3) is 0 Å². The van der Waals surface area contributed by atoms with E-state index in [0.717, 1.165) is 44.6 Å². The molecular formula is C28H47NO4S. The lowest BCUT2D eigenvalue weighted by Gasteiger charge is -2.61. The van der Waals surface area contributed by atoms with Crippen LogP contribution in [0, 0.1) is 34.0 Å². The number of esters is 1. The van der Waals surface area contributed by atoms with Crippen molar-refractivity contribution < 1.29 is 19.4 Å². The van der Waals surface area contributed by atoms with E-state index >= 15 is 0 Å². The van der Waals surface area contributed by atoms with Crippen molar-refractivity contribution in [3.8, 4) is 0 Å². The van der Waals surface area contributed by atoms with Crippen LogP contribution < -0.4 is 0 Å². The number of aliphatic hydroxyl groups excluding tert-OH is 1. The van der Waals surface area contributed by atoms with Crippen molar-refractivity contribution in [1.29, 1.82) is 0 Å². The third kappa shape index (κ3) is 4.64. The van der Waals surface area contributed by atoms with Gasteiger partial charge in [0.15, 0.2) is 0 Å². The van der Waals surface area contributed by atoms with E-state index in [-0.39, 0.29) is 29.1 Å². The van der Waals surface area contributed by atoms with Gasteiger partial charge in [-0.1, -0.05) is 47.6 Å². The molecule has 0 aromatic rings. The lowest BCUT2D eigenvalue weighted by atomic mass is 9.44. The van der Waals surface area contributed by atoms with E-state index in [2.05, 4.69) is 46.1 Å². The Morgan fingerprint density at radius 1 is 1.26 bits per heavy atom. The van der Waals surface area contributed by atoms with Gasteiger partial charge in [0, 0.05) is 35.5 Å². The van der Waals surface area contributed by atoms with Gasteiger partial charge in [0.2, 0.25) is 0 Å². The van der Waals surface area contributed by atoms with Gasteiger partial charge in [-0.05, 0) is 56.0 Å². The van der Waals surface area contributed by atoms with E-state index in [1.54, 1.807) is 11.8 Å². The van der Waals surface area contributed by atoms with E-state index in [9.17, 15) is 14.7 Å². The molecule has 5 nitrogen and oxygen atoms in total. The number of aliphatic hydroxyl groups is 1. The van der Waals surface area contributed by atoms with Crippen LogP contribution in [0.5, 0.6) is 0 Å². The largest absolute Gasteiger partial charge is 0.461 e. The average Bonchev–Trinajstić information content (AvgIpc) is 3.17. The first-order chi connectivity index (χ1) is 16.0. The summed E-state index contributed by atoms with van der Waals surface area (Å²) in [5, 5.41) is 11.6. The van der Waals surface area contributed by atoms with Crippen molar-refractivity contribution >= 4 is 23.5 Å². The van der Waals surface area contributed by atoms with E-state index in [0.29, 0.717) is 24.4 Å². The second-order valence-corrected chi connectivity index (χ2v) is 12.7. The van der Waals surface area contributed by atoms with Crippen molar-refractivity contribution in [2.24, 2.45) is 34.0 Å². The van der Waals surface area contributed by atoms with Crippen LogP contribution in [0.4, 0.5) is 0 Å². The Morgan fingerprint density at radius 2 is 1.94 bits per heavy atom. The van der Waals surface area contributed by atoms with Gasteiger partial charge in [-0.3, -0.25) is 9.59 Å². The molecule has 8 atom stereocenters. The molecule has 0 radical (unpaired) electrons. The molecule has 3 fully saturated rings. The summed E-state index contributed by atoms with van der Waals surface area (Å²) >= 11 is 1.61. The summed E-state index contributed by atoms with van der Waals surface area (Å²) in [5.41, 5.74) is -1.25. The summed E-state index contributed by atoms with van der Waals surface area (Å²) in [7, 11) is 0. The van der Waals surface area contributed by atoms with Crippen molar-refractivity contribution in [3.63, 3.8) is 0 Å². The first-order valence-electron chi connectivity index (χ1n) is 13.3. The fourth-order valence-corrected chi connectivity index (χ4v) is 8.35. The summed E-state index contributed by atoms with van der Waals surface area (Å²) in [5.74, 6) is 1.37. The number of carbonyl (C=O) groups is 2. The van der Waals surface area contributed by atoms with Crippen molar-refractivity contribution in [3.05, 3.63) is 12.7 Å². The predicted octanol–water partition coefficient (Wildman–Crippen LogP) is 4.97. The number of nitrogens with zero attached hydrogens (tertiary/aromatic N) is 1. The SMILES string of the molecule is C=C[C@]1(C)C[C@@H](OC(=O)CSCCN(CC)CC)[C@]2(C)C(C)CC[C@]3(CCC(=O)[C@H]32)[C@@H](C)[C@@H]1O. The number of hydrogen-bond donors (Lipinski definition) is 1. The van der Waals surface area contributed by atoms with Crippen LogP contribution in [-0.2, 0) is 14.3 Å². The summed E-state index contributed by atoms with van der Waals surface area (Å²) < 4.78 is 6.30. The van der Waals surface area contributed by atoms with Gasteiger partial charge in [0.25, 0.3) is 0 Å². The second-order valence-electron chi connectivity index (χ2n) is 11.6. The molecule has 3 aliphatic carbocycles. The lowest BCUT2D eigenvalue weighted by Crippen LogP contribution is -2.63. The number of ketones is 1. The molecule has 0 heterocycles. The molecule has 0 aliphatic heterocycles. The van der Waals surface area contributed by atoms with Crippen molar-refractivity contribution in [2.45, 2.75) is 85.9 Å². The van der Waals surface area contributed by atoms with Gasteiger partial charge in [-0.15, -0.1) is 18.3 Å². The molecule has 0 saturated heterocycles. The molecule has 1 N–H and O–H groups in total. The molecule has 1 unspecified atom stereocenters. The fraction of sp³-hybridized carbons (Fsp3) is 0.857. The van der Waals surface area contributed by atoms with Crippen LogP contribution in [-0.4, -0.2) is 65.1 Å². The zero-order valence-corrected chi connectivity index (χ0v) is 23.1. The Morgan fingerprint density at radius 3 is 2.56 bits per heavy atom. The third-order valence-electron chi connectivity index (χ3n) is 10.2. The van der Waals surface area contributed by atoms with Crippen molar-refractivity contribution in [1.82, 2.24) is 4.90 Å². The van der Waals surface area contributed by atoms with Gasteiger partial charge < -0.3 is 14.7 Å². The summed E-state index contributed by atoms with van der Waals surface area (Å²) in [4.78, 5) is 28.9. The number of Topliss-reactive ketones (excluding diaryl/α,β-unsaturated/α-hetero) is 1. The minimum atomic E-state index is -0.624. The zero-order valence-electron chi connectivity index (χ0n) is 22.3. The molecule has 3 rings (SSSR count). The summed E-state index contributed by atoms with van der Waals surface area (Å²) in [6.07, 6.45) is 4.64. The Balaban J connectivity index is 1.88. The highest BCUT2D eigenvalue weighted by atomic mass is 32.2. The highest BCUT2D eigenvalue weighted by Crippen LogP contribution is 2.67. The van der Waals surface area contributed by atoms with E-state index in [1.165, 1.54) is 0 Å². The lowest BCUT2D eigenvalue weighted by molar-refractivity contribution is -0.205. The Kier molecular flexibility index (Phi) is 8.68. The monoisotopic (exact) mass is 493 g/mol. The molecule has 0 spiro atoms. The maximum atomic E-state index is 13.4. The molecule has 194 valence electrons. The Hall–Kier alpha value is -0.850. The fourth-order valence-electron chi connectivity index (χ4n) is 7.58. The summed E-state index contributed by atoms with van der Waals surface area (Å²) in [6, 6.07) is 0. The van der Waals surface area contributed by atoms with Gasteiger partial charge in [0.05, 0.1) is 11.9 Å². The standard InChI is InChI=1S/C28H47NO4S/c1-8-26(6)17-22(33-23(31)18-34-16-15-29(9-2)10-3)27(7)19(4)11-13-28(20(5)25(26)32)14-12-21(30)24(27)28/h8,19-20,22,24-25,32H,1,9-18H2,2-7H3/t19?,20-,22+,24-,25-,26+,27-,28-/m0/s1. The van der Waals surface area contributed by atoms with E-state index in [4.69, 9.17) is 4.74 Å². The Labute approximate surface area is 211 Å². The average molecular weight is 494 g/mol. The highest BCUT2D eigenvalue weighted by Gasteiger charge is 2.68. The number of thioether (sulfide) groups is 1. The number of carbonyl (C=O) groups excluding carboxylic acids is 2. The number of rotatable bonds is 9. The van der Waals surface area contributed by atoms with Gasteiger partial charge in [-0.2, -0.15) is 0 Å². The zero-order chi connectivity index (χ0) is 25.3. The van der Waals surface area contributed by atoms with Crippen LogP contribution in [0.3, 0.4) is 0 Å². The van der Waals surface area contributed by atoms with E-state index < -0.39 is 23.0 Å². The molecule has 0 aromatic heterocycles. The van der Waals surface area contributed by atoms with Crippen molar-refractivity contribution in [2.75, 3.05) is 31.1 Å².